The lowest BCUT2D eigenvalue weighted by molar-refractivity contribution is 0.661. The zero-order valence-corrected chi connectivity index (χ0v) is 34.1. The van der Waals surface area contributed by atoms with Crippen LogP contribution >= 0.6 is 0 Å². The fourth-order valence-corrected chi connectivity index (χ4v) is 8.42. The van der Waals surface area contributed by atoms with Crippen molar-refractivity contribution in [2.24, 2.45) is 0 Å². The maximum absolute atomic E-state index is 11.1. The minimum absolute atomic E-state index is 0.369. The molecule has 0 bridgehead atoms. The summed E-state index contributed by atoms with van der Waals surface area (Å²) in [6, 6.07) is 82.1. The normalized spacial score (nSPS) is 10.8. The second-order valence-electron chi connectivity index (χ2n) is 15.0. The van der Waals surface area contributed by atoms with Gasteiger partial charge in [-0.1, -0.05) is 109 Å². The van der Waals surface area contributed by atoms with E-state index in [4.69, 9.17) is 4.42 Å². The fraction of sp³-hybridized carbons (Fsp3) is 0. The third-order valence-corrected chi connectivity index (χ3v) is 11.2. The largest absolute Gasteiger partial charge is 0.405 e. The highest BCUT2D eigenvalue weighted by Crippen LogP contribution is 2.46. The molecular formula is C57H38N5O+. The van der Waals surface area contributed by atoms with Crippen LogP contribution in [0.2, 0.25) is 0 Å². The first-order valence-corrected chi connectivity index (χ1v) is 20.7. The van der Waals surface area contributed by atoms with Gasteiger partial charge in [-0.15, -0.1) is 0 Å². The second-order valence-corrected chi connectivity index (χ2v) is 15.0. The van der Waals surface area contributed by atoms with Gasteiger partial charge in [-0.25, -0.2) is 0 Å². The number of para-hydroxylation sites is 6. The van der Waals surface area contributed by atoms with Gasteiger partial charge in [0.2, 0.25) is 0 Å². The highest BCUT2D eigenvalue weighted by atomic mass is 16.3. The van der Waals surface area contributed by atoms with Crippen molar-refractivity contribution >= 4 is 73.1 Å². The van der Waals surface area contributed by atoms with E-state index in [2.05, 4.69) is 99.6 Å². The van der Waals surface area contributed by atoms with E-state index in [0.29, 0.717) is 33.5 Å². The molecule has 0 saturated heterocycles. The summed E-state index contributed by atoms with van der Waals surface area (Å²) in [6.07, 6.45) is 0. The Kier molecular flexibility index (Phi) is 10.3. The SMILES string of the molecule is N#Cc1cc(N(c2ccccc2)c2ccccc2)cc(C#N)c1-[c+]1c2ccc(N(c3ccccc3)c3ccccc3)cc2oc2cc(N(c3ccccc3)c3ccccc3)ccc21. The standard InChI is InChI=1S/C57H38N5O/c58-39-41-35-51(62(47-27-15-5-16-28-47)48-29-17-6-18-30-48)36-42(40-59)56(41)57-52-33-31-49(60(43-19-7-1-8-20-43)44-21-9-2-10-22-44)37-54(52)63-55-38-50(32-34-53(55)57)61(45-23-11-3-12-24-45)46-25-13-4-14-26-46/h1-38H/q+1. The van der Waals surface area contributed by atoms with E-state index in [0.717, 1.165) is 61.8 Å². The molecule has 63 heavy (non-hydrogen) atoms. The smallest absolute Gasteiger partial charge is 0.191 e. The van der Waals surface area contributed by atoms with E-state index in [-0.39, 0.29) is 0 Å². The Balaban J connectivity index is 1.25. The molecule has 296 valence electrons. The van der Waals surface area contributed by atoms with Gasteiger partial charge in [0.1, 0.15) is 23.3 Å². The number of benzene rings is 9. The summed E-state index contributed by atoms with van der Waals surface area (Å²) in [5.74, 6) is 0. The molecule has 0 fully saturated rings. The summed E-state index contributed by atoms with van der Waals surface area (Å²) in [4.78, 5) is 6.46. The predicted octanol–water partition coefficient (Wildman–Crippen LogP) is 15.7. The van der Waals surface area contributed by atoms with Crippen LogP contribution in [0.15, 0.2) is 235 Å². The van der Waals surface area contributed by atoms with Gasteiger partial charge in [-0.05, 0) is 97.1 Å². The van der Waals surface area contributed by atoms with Crippen LogP contribution in [-0.4, -0.2) is 0 Å². The summed E-state index contributed by atoms with van der Waals surface area (Å²) in [5, 5.41) is 23.8. The Bertz CT molecular complexity index is 3000. The van der Waals surface area contributed by atoms with E-state index in [9.17, 15) is 10.5 Å². The molecule has 9 aromatic carbocycles. The first-order valence-electron chi connectivity index (χ1n) is 20.7. The van der Waals surface area contributed by atoms with Crippen molar-refractivity contribution in [3.05, 3.63) is 242 Å². The fourth-order valence-electron chi connectivity index (χ4n) is 8.42. The number of hydrogen-bond acceptors (Lipinski definition) is 6. The average Bonchev–Trinajstić information content (AvgIpc) is 3.35. The van der Waals surface area contributed by atoms with Crippen molar-refractivity contribution in [3.8, 4) is 23.3 Å². The van der Waals surface area contributed by atoms with E-state index in [1.54, 1.807) is 0 Å². The Labute approximate surface area is 366 Å². The molecule has 6 nitrogen and oxygen atoms in total. The van der Waals surface area contributed by atoms with Crippen LogP contribution in [0.5, 0.6) is 0 Å². The van der Waals surface area contributed by atoms with Crippen molar-refractivity contribution < 1.29 is 4.42 Å². The highest BCUT2D eigenvalue weighted by Gasteiger charge is 2.29. The van der Waals surface area contributed by atoms with E-state index >= 15 is 0 Å². The Morgan fingerprint density at radius 2 is 0.603 bits per heavy atom. The Hall–Kier alpha value is -8.97. The molecule has 10 rings (SSSR count). The lowest BCUT2D eigenvalue weighted by Crippen LogP contribution is -2.11. The number of fused-ring (bicyclic) bond motifs is 2. The van der Waals surface area contributed by atoms with E-state index in [1.807, 2.05) is 158 Å². The van der Waals surface area contributed by atoms with Gasteiger partial charge < -0.3 is 19.1 Å². The zero-order chi connectivity index (χ0) is 42.5. The van der Waals surface area contributed by atoms with Crippen LogP contribution < -0.4 is 14.7 Å². The number of nitrogens with zero attached hydrogens (tertiary/aromatic N) is 5. The molecule has 0 spiro atoms. The number of anilines is 9. The van der Waals surface area contributed by atoms with Crippen molar-refractivity contribution in [2.45, 2.75) is 0 Å². The molecular weight excluding hydrogens is 771 g/mol. The molecule has 0 aliphatic rings. The molecule has 0 amide bonds. The van der Waals surface area contributed by atoms with Crippen LogP contribution in [0.25, 0.3) is 33.1 Å². The maximum atomic E-state index is 11.1. The van der Waals surface area contributed by atoms with Crippen LogP contribution in [0.1, 0.15) is 11.1 Å². The number of nitriles is 2. The van der Waals surface area contributed by atoms with Gasteiger partial charge in [-0.2, -0.15) is 10.5 Å². The van der Waals surface area contributed by atoms with Gasteiger partial charge in [0, 0.05) is 58.4 Å². The van der Waals surface area contributed by atoms with Crippen LogP contribution in [0.3, 0.4) is 0 Å². The molecule has 0 radical (unpaired) electrons. The predicted molar refractivity (Wildman–Crippen MR) is 257 cm³/mol. The molecule has 0 atom stereocenters. The van der Waals surface area contributed by atoms with Crippen LogP contribution in [-0.2, 0) is 0 Å². The van der Waals surface area contributed by atoms with Crippen molar-refractivity contribution in [3.63, 3.8) is 0 Å². The van der Waals surface area contributed by atoms with Crippen LogP contribution in [0, 0.1) is 22.7 Å². The quantitative estimate of drug-likeness (QED) is 0.101. The first-order chi connectivity index (χ1) is 31.2. The molecule has 10 aromatic rings. The number of hydrogen-bond donors (Lipinski definition) is 0. The summed E-state index contributed by atoms with van der Waals surface area (Å²) < 4.78 is 7.03. The molecule has 0 aliphatic carbocycles. The van der Waals surface area contributed by atoms with E-state index < -0.39 is 0 Å². The zero-order valence-electron chi connectivity index (χ0n) is 34.1. The summed E-state index contributed by atoms with van der Waals surface area (Å²) in [5.41, 5.74) is 11.5. The third kappa shape index (κ3) is 7.35. The molecule has 0 unspecified atom stereocenters. The van der Waals surface area contributed by atoms with Crippen molar-refractivity contribution in [1.29, 1.82) is 10.5 Å². The highest BCUT2D eigenvalue weighted by molar-refractivity contribution is 6.11. The van der Waals surface area contributed by atoms with Gasteiger partial charge in [0.25, 0.3) is 0 Å². The van der Waals surface area contributed by atoms with Gasteiger partial charge in [0.15, 0.2) is 11.2 Å². The van der Waals surface area contributed by atoms with Gasteiger partial charge in [-0.3, -0.25) is 0 Å². The van der Waals surface area contributed by atoms with Gasteiger partial charge >= 0.3 is 0 Å². The molecule has 0 aliphatic heterocycles. The second kappa shape index (κ2) is 17.0. The average molecular weight is 809 g/mol. The lowest BCUT2D eigenvalue weighted by atomic mass is 9.89. The van der Waals surface area contributed by atoms with Crippen molar-refractivity contribution in [2.75, 3.05) is 14.7 Å². The minimum Gasteiger partial charge on any atom is -0.405 e. The topological polar surface area (TPSA) is 70.4 Å². The monoisotopic (exact) mass is 808 g/mol. The maximum Gasteiger partial charge on any atom is 0.191 e. The summed E-state index contributed by atoms with van der Waals surface area (Å²) in [7, 11) is 0. The molecule has 1 heterocycles. The van der Waals surface area contributed by atoms with Gasteiger partial charge in [0.05, 0.1) is 39.0 Å². The third-order valence-electron chi connectivity index (χ3n) is 11.2. The Morgan fingerprint density at radius 3 is 0.889 bits per heavy atom. The molecule has 0 saturated carbocycles. The van der Waals surface area contributed by atoms with E-state index in [1.165, 1.54) is 0 Å². The first kappa shape index (κ1) is 38.2. The molecule has 0 N–H and O–H groups in total. The Morgan fingerprint density at radius 1 is 0.317 bits per heavy atom. The van der Waals surface area contributed by atoms with Crippen molar-refractivity contribution in [1.82, 2.24) is 0 Å². The lowest BCUT2D eigenvalue weighted by Gasteiger charge is -2.26. The summed E-state index contributed by atoms with van der Waals surface area (Å²) >= 11 is 0. The van der Waals surface area contributed by atoms with Crippen LogP contribution in [0.4, 0.5) is 51.2 Å². The summed E-state index contributed by atoms with van der Waals surface area (Å²) in [6.45, 7) is 0. The molecule has 1 aromatic heterocycles. The number of rotatable bonds is 10. The minimum atomic E-state index is 0.369. The molecule has 6 heteroatoms.